The Morgan fingerprint density at radius 2 is 1.79 bits per heavy atom. The molecule has 1 N–H and O–H groups in total. The van der Waals surface area contributed by atoms with Gasteiger partial charge in [0, 0.05) is 11.6 Å². The summed E-state index contributed by atoms with van der Waals surface area (Å²) in [7, 11) is 0. The lowest BCUT2D eigenvalue weighted by Gasteiger charge is -2.15. The summed E-state index contributed by atoms with van der Waals surface area (Å²) in [6.07, 6.45) is -0.804. The van der Waals surface area contributed by atoms with Gasteiger partial charge in [-0.2, -0.15) is 0 Å². The molecule has 1 unspecified atom stereocenters. The molecule has 4 heteroatoms. The first-order valence-corrected chi connectivity index (χ1v) is 6.73. The van der Waals surface area contributed by atoms with Crippen molar-refractivity contribution >= 4 is 23.2 Å². The van der Waals surface area contributed by atoms with Crippen molar-refractivity contribution in [3.63, 3.8) is 0 Å². The fourth-order valence-corrected chi connectivity index (χ4v) is 2.32. The van der Waals surface area contributed by atoms with Gasteiger partial charge in [-0.05, 0) is 18.6 Å². The molecule has 0 saturated carbocycles. The predicted molar refractivity (Wildman–Crippen MR) is 78.1 cm³/mol. The second-order valence-electron chi connectivity index (χ2n) is 4.05. The minimum Gasteiger partial charge on any atom is -0.492 e. The summed E-state index contributed by atoms with van der Waals surface area (Å²) in [5, 5.41) is 11.2. The van der Waals surface area contributed by atoms with E-state index in [1.807, 2.05) is 37.3 Å². The van der Waals surface area contributed by atoms with Crippen molar-refractivity contribution in [2.75, 3.05) is 6.61 Å². The first-order valence-electron chi connectivity index (χ1n) is 5.98. The molecule has 0 aliphatic heterocycles. The van der Waals surface area contributed by atoms with E-state index in [9.17, 15) is 5.11 Å². The summed E-state index contributed by atoms with van der Waals surface area (Å²) >= 11 is 12.3. The van der Waals surface area contributed by atoms with Gasteiger partial charge in [-0.3, -0.25) is 0 Å². The largest absolute Gasteiger partial charge is 0.492 e. The van der Waals surface area contributed by atoms with Gasteiger partial charge in [0.05, 0.1) is 16.7 Å². The second-order valence-corrected chi connectivity index (χ2v) is 4.86. The standard InChI is InChI=1S/C15H14Cl2O2/c1-2-19-14-9-12(16)11(8-13(14)17)15(18)10-6-4-3-5-7-10/h3-9,15,18H,2H2,1H3. The van der Waals surface area contributed by atoms with Gasteiger partial charge in [0.1, 0.15) is 11.9 Å². The monoisotopic (exact) mass is 296 g/mol. The zero-order valence-electron chi connectivity index (χ0n) is 10.4. The van der Waals surface area contributed by atoms with Gasteiger partial charge in [-0.25, -0.2) is 0 Å². The topological polar surface area (TPSA) is 29.5 Å². The molecule has 0 saturated heterocycles. The van der Waals surface area contributed by atoms with Crippen molar-refractivity contribution < 1.29 is 9.84 Å². The molecule has 0 spiro atoms. The maximum Gasteiger partial charge on any atom is 0.139 e. The quantitative estimate of drug-likeness (QED) is 0.902. The van der Waals surface area contributed by atoms with Crippen molar-refractivity contribution in [1.82, 2.24) is 0 Å². The molecule has 0 heterocycles. The summed E-state index contributed by atoms with van der Waals surface area (Å²) in [5.41, 5.74) is 1.34. The van der Waals surface area contributed by atoms with Crippen LogP contribution < -0.4 is 4.74 Å². The van der Waals surface area contributed by atoms with E-state index in [0.717, 1.165) is 5.56 Å². The summed E-state index contributed by atoms with van der Waals surface area (Å²) in [6, 6.07) is 12.6. The van der Waals surface area contributed by atoms with E-state index in [1.165, 1.54) is 0 Å². The number of hydrogen-bond acceptors (Lipinski definition) is 2. The third-order valence-corrected chi connectivity index (χ3v) is 3.38. The summed E-state index contributed by atoms with van der Waals surface area (Å²) in [4.78, 5) is 0. The van der Waals surface area contributed by atoms with Crippen LogP contribution in [0, 0.1) is 0 Å². The SMILES string of the molecule is CCOc1cc(Cl)c(C(O)c2ccccc2)cc1Cl. The Bertz CT molecular complexity index is 556. The van der Waals surface area contributed by atoms with Crippen LogP contribution in [0.4, 0.5) is 0 Å². The van der Waals surface area contributed by atoms with Crippen LogP contribution in [-0.4, -0.2) is 11.7 Å². The minimum atomic E-state index is -0.804. The van der Waals surface area contributed by atoms with Crippen LogP contribution in [0.15, 0.2) is 42.5 Å². The van der Waals surface area contributed by atoms with Crippen LogP contribution >= 0.6 is 23.2 Å². The first kappa shape index (κ1) is 14.2. The van der Waals surface area contributed by atoms with E-state index in [1.54, 1.807) is 12.1 Å². The molecule has 19 heavy (non-hydrogen) atoms. The van der Waals surface area contributed by atoms with Crippen LogP contribution in [0.3, 0.4) is 0 Å². The Hall–Kier alpha value is -1.22. The summed E-state index contributed by atoms with van der Waals surface area (Å²) < 4.78 is 5.36. The van der Waals surface area contributed by atoms with Crippen LogP contribution in [0.5, 0.6) is 5.75 Å². The van der Waals surface area contributed by atoms with E-state index in [2.05, 4.69) is 0 Å². The maximum absolute atomic E-state index is 10.3. The van der Waals surface area contributed by atoms with Crippen LogP contribution in [0.25, 0.3) is 0 Å². The zero-order chi connectivity index (χ0) is 13.8. The number of hydrogen-bond donors (Lipinski definition) is 1. The molecular weight excluding hydrogens is 283 g/mol. The Kier molecular flexibility index (Phi) is 4.70. The van der Waals surface area contributed by atoms with Crippen LogP contribution in [0.1, 0.15) is 24.2 Å². The van der Waals surface area contributed by atoms with Gasteiger partial charge in [0.15, 0.2) is 0 Å². The molecule has 0 aliphatic carbocycles. The summed E-state index contributed by atoms with van der Waals surface area (Å²) in [5.74, 6) is 0.526. The Morgan fingerprint density at radius 1 is 1.11 bits per heavy atom. The van der Waals surface area contributed by atoms with Crippen molar-refractivity contribution in [3.8, 4) is 5.75 Å². The van der Waals surface area contributed by atoms with E-state index in [0.29, 0.717) is 28.0 Å². The maximum atomic E-state index is 10.3. The zero-order valence-corrected chi connectivity index (χ0v) is 11.9. The lowest BCUT2D eigenvalue weighted by Crippen LogP contribution is -2.01. The van der Waals surface area contributed by atoms with Crippen molar-refractivity contribution in [2.45, 2.75) is 13.0 Å². The smallest absolute Gasteiger partial charge is 0.139 e. The average Bonchev–Trinajstić information content (AvgIpc) is 2.43. The number of ether oxygens (including phenoxy) is 1. The van der Waals surface area contributed by atoms with Crippen molar-refractivity contribution in [1.29, 1.82) is 0 Å². The highest BCUT2D eigenvalue weighted by atomic mass is 35.5. The molecule has 0 amide bonds. The van der Waals surface area contributed by atoms with E-state index < -0.39 is 6.10 Å². The van der Waals surface area contributed by atoms with Gasteiger partial charge in [0.25, 0.3) is 0 Å². The summed E-state index contributed by atoms with van der Waals surface area (Å²) in [6.45, 7) is 2.38. The van der Waals surface area contributed by atoms with Gasteiger partial charge < -0.3 is 9.84 Å². The number of benzene rings is 2. The molecule has 100 valence electrons. The molecule has 0 aliphatic rings. The number of aliphatic hydroxyl groups is 1. The number of aliphatic hydroxyl groups excluding tert-OH is 1. The predicted octanol–water partition coefficient (Wildman–Crippen LogP) is 4.47. The molecule has 0 bridgehead atoms. The third kappa shape index (κ3) is 3.21. The molecule has 0 aromatic heterocycles. The minimum absolute atomic E-state index is 0.434. The molecular formula is C15H14Cl2O2. The van der Waals surface area contributed by atoms with E-state index >= 15 is 0 Å². The lowest BCUT2D eigenvalue weighted by molar-refractivity contribution is 0.220. The molecule has 0 radical (unpaired) electrons. The Labute approximate surface area is 122 Å². The van der Waals surface area contributed by atoms with Crippen molar-refractivity contribution in [2.24, 2.45) is 0 Å². The van der Waals surface area contributed by atoms with Crippen LogP contribution in [0.2, 0.25) is 10.0 Å². The molecule has 2 rings (SSSR count). The van der Waals surface area contributed by atoms with Gasteiger partial charge in [-0.15, -0.1) is 0 Å². The lowest BCUT2D eigenvalue weighted by atomic mass is 10.0. The molecule has 1 atom stereocenters. The van der Waals surface area contributed by atoms with Gasteiger partial charge in [-0.1, -0.05) is 53.5 Å². The number of rotatable bonds is 4. The number of halogens is 2. The molecule has 2 aromatic rings. The third-order valence-electron chi connectivity index (χ3n) is 2.76. The van der Waals surface area contributed by atoms with Crippen molar-refractivity contribution in [3.05, 3.63) is 63.6 Å². The first-order chi connectivity index (χ1) is 9.13. The van der Waals surface area contributed by atoms with E-state index in [-0.39, 0.29) is 0 Å². The highest BCUT2D eigenvalue weighted by molar-refractivity contribution is 6.34. The fourth-order valence-electron chi connectivity index (χ4n) is 1.83. The highest BCUT2D eigenvalue weighted by Crippen LogP contribution is 2.36. The second kappa shape index (κ2) is 6.29. The normalized spacial score (nSPS) is 12.2. The van der Waals surface area contributed by atoms with Gasteiger partial charge in [0.2, 0.25) is 0 Å². The Morgan fingerprint density at radius 3 is 2.42 bits per heavy atom. The van der Waals surface area contributed by atoms with Gasteiger partial charge >= 0.3 is 0 Å². The molecule has 2 aromatic carbocycles. The molecule has 0 fully saturated rings. The highest BCUT2D eigenvalue weighted by Gasteiger charge is 2.16. The fraction of sp³-hybridized carbons (Fsp3) is 0.200. The van der Waals surface area contributed by atoms with E-state index in [4.69, 9.17) is 27.9 Å². The average molecular weight is 297 g/mol. The van der Waals surface area contributed by atoms with Crippen LogP contribution in [-0.2, 0) is 0 Å². The Balaban J connectivity index is 2.38. The molecule has 2 nitrogen and oxygen atoms in total.